The number of nitrogens with one attached hydrogen (secondary N) is 2. The van der Waals surface area contributed by atoms with E-state index in [2.05, 4.69) is 15.5 Å². The van der Waals surface area contributed by atoms with Gasteiger partial charge in [0.25, 0.3) is 11.8 Å². The number of anilines is 1. The summed E-state index contributed by atoms with van der Waals surface area (Å²) < 4.78 is 49.5. The molecule has 2 aromatic rings. The number of hydrogen-bond acceptors (Lipinski definition) is 10. The van der Waals surface area contributed by atoms with Crippen molar-refractivity contribution >= 4 is 45.4 Å². The minimum Gasteiger partial charge on any atom is -0.444 e. The normalized spacial score (nSPS) is 24.7. The van der Waals surface area contributed by atoms with E-state index in [1.807, 2.05) is 11.0 Å². The van der Waals surface area contributed by atoms with E-state index in [0.717, 1.165) is 23.0 Å². The van der Waals surface area contributed by atoms with Crippen LogP contribution in [0.1, 0.15) is 79.2 Å². The van der Waals surface area contributed by atoms with Crippen molar-refractivity contribution < 1.29 is 41.5 Å². The minimum atomic E-state index is -3.76. The van der Waals surface area contributed by atoms with E-state index < -0.39 is 57.2 Å². The Labute approximate surface area is 295 Å². The monoisotopic (exact) mass is 724 g/mol. The molecule has 2 N–H and O–H groups in total. The molecule has 5 amide bonds. The molecule has 0 radical (unpaired) electrons. The number of alkyl carbamates (subject to hydrolysis) is 1. The fraction of sp³-hybridized carbons (Fsp3) is 0.514. The second kappa shape index (κ2) is 13.0. The maximum Gasteiger partial charge on any atom is 0.407 e. The van der Waals surface area contributed by atoms with Gasteiger partial charge in [0.05, 0.1) is 21.7 Å². The molecule has 6 aliphatic heterocycles. The Morgan fingerprint density at radius 1 is 0.980 bits per heavy atom. The van der Waals surface area contributed by atoms with Crippen molar-refractivity contribution in [1.29, 1.82) is 0 Å². The number of benzene rings is 2. The van der Waals surface area contributed by atoms with Gasteiger partial charge >= 0.3 is 6.09 Å². The smallest absolute Gasteiger partial charge is 0.407 e. The average Bonchev–Trinajstić information content (AvgIpc) is 3.28. The Balaban J connectivity index is 0.974. The van der Waals surface area contributed by atoms with Gasteiger partial charge < -0.3 is 15.0 Å². The highest BCUT2D eigenvalue weighted by Crippen LogP contribution is 2.41. The van der Waals surface area contributed by atoms with Crippen molar-refractivity contribution in [2.45, 2.75) is 94.1 Å². The van der Waals surface area contributed by atoms with E-state index in [0.29, 0.717) is 32.5 Å². The molecule has 2 aromatic carbocycles. The Morgan fingerprint density at radius 2 is 1.65 bits per heavy atom. The number of amides is 5. The van der Waals surface area contributed by atoms with Crippen LogP contribution in [0.4, 0.5) is 14.9 Å². The molecule has 51 heavy (non-hydrogen) atoms. The number of piperidine rings is 3. The largest absolute Gasteiger partial charge is 0.444 e. The molecule has 0 spiro atoms. The van der Waals surface area contributed by atoms with Gasteiger partial charge in [-0.25, -0.2) is 17.6 Å². The number of carbonyl (C=O) groups is 5. The van der Waals surface area contributed by atoms with Crippen molar-refractivity contribution in [2.75, 3.05) is 31.1 Å². The molecule has 0 aliphatic carbocycles. The lowest BCUT2D eigenvalue weighted by Crippen LogP contribution is -2.69. The Bertz CT molecular complexity index is 1910. The zero-order valence-corrected chi connectivity index (χ0v) is 29.5. The highest BCUT2D eigenvalue weighted by atomic mass is 32.2. The molecule has 5 saturated heterocycles. The first-order valence-corrected chi connectivity index (χ1v) is 18.7. The van der Waals surface area contributed by atoms with Crippen molar-refractivity contribution in [3.05, 3.63) is 58.9 Å². The Morgan fingerprint density at radius 3 is 2.29 bits per heavy atom. The van der Waals surface area contributed by atoms with Gasteiger partial charge in [-0.15, -0.1) is 0 Å². The molecule has 5 fully saturated rings. The van der Waals surface area contributed by atoms with E-state index in [-0.39, 0.29) is 65.8 Å². The van der Waals surface area contributed by atoms with Crippen LogP contribution in [0.15, 0.2) is 41.3 Å². The van der Waals surface area contributed by atoms with Gasteiger partial charge in [0, 0.05) is 57.3 Å². The van der Waals surface area contributed by atoms with Gasteiger partial charge in [-0.3, -0.25) is 34.3 Å². The molecule has 3 unspecified atom stereocenters. The van der Waals surface area contributed by atoms with E-state index in [1.54, 1.807) is 39.0 Å². The zero-order chi connectivity index (χ0) is 36.4. The van der Waals surface area contributed by atoms with Gasteiger partial charge in [0.1, 0.15) is 17.5 Å². The van der Waals surface area contributed by atoms with Gasteiger partial charge in [0.15, 0.2) is 0 Å². The summed E-state index contributed by atoms with van der Waals surface area (Å²) in [5.74, 6) is -3.27. The summed E-state index contributed by atoms with van der Waals surface area (Å²) in [4.78, 5) is 67.8. The van der Waals surface area contributed by atoms with Crippen LogP contribution >= 0.6 is 0 Å². The summed E-state index contributed by atoms with van der Waals surface area (Å²) in [5.41, 5.74) is 0.355. The van der Waals surface area contributed by atoms with Crippen LogP contribution in [0.3, 0.4) is 0 Å². The number of imide groups is 2. The van der Waals surface area contributed by atoms with Gasteiger partial charge in [-0.1, -0.05) is 12.1 Å². The molecule has 2 bridgehead atoms. The third-order valence-electron chi connectivity index (χ3n) is 10.2. The van der Waals surface area contributed by atoms with E-state index in [1.165, 1.54) is 10.4 Å². The molecule has 6 aliphatic rings. The summed E-state index contributed by atoms with van der Waals surface area (Å²) in [7, 11) is -3.76. The number of nitrogens with zero attached hydrogens (tertiary/aromatic N) is 4. The maximum absolute atomic E-state index is 15.6. The maximum atomic E-state index is 15.6. The lowest BCUT2D eigenvalue weighted by molar-refractivity contribution is -0.136. The van der Waals surface area contributed by atoms with Crippen LogP contribution in [-0.2, 0) is 30.9 Å². The van der Waals surface area contributed by atoms with Crippen molar-refractivity contribution in [3.63, 3.8) is 0 Å². The second-order valence-corrected chi connectivity index (χ2v) is 16.9. The van der Waals surface area contributed by atoms with E-state index in [9.17, 15) is 32.4 Å². The molecule has 6 heterocycles. The first-order valence-electron chi connectivity index (χ1n) is 17.2. The standard InChI is InChI=1S/C35H41FN6O8S/c1-35(2,3)50-34(47)37-21-9-11-40(12-10-21)51(48,49)24-6-4-5-20(13-24)17-39-18-22-14-23(19-39)41(22)29-16-26-25(15-27(29)36)32(45)42(33(26)46)28-7-8-30(43)38-31(28)44/h4-6,13,15-16,21-23,28H,7-12,14,17-19H2,1-3H3,(H,37,47)(H,38,43,44). The van der Waals surface area contributed by atoms with Crippen LogP contribution in [0.2, 0.25) is 0 Å². The summed E-state index contributed by atoms with van der Waals surface area (Å²) in [6, 6.07) is 7.92. The van der Waals surface area contributed by atoms with Crippen molar-refractivity contribution in [3.8, 4) is 0 Å². The summed E-state index contributed by atoms with van der Waals surface area (Å²) in [6.45, 7) is 7.55. The third-order valence-corrected chi connectivity index (χ3v) is 12.1. The highest BCUT2D eigenvalue weighted by Gasteiger charge is 2.49. The first-order chi connectivity index (χ1) is 24.1. The van der Waals surface area contributed by atoms with Crippen molar-refractivity contribution in [1.82, 2.24) is 24.7 Å². The van der Waals surface area contributed by atoms with Crippen LogP contribution < -0.4 is 15.5 Å². The van der Waals surface area contributed by atoms with Crippen LogP contribution in [0, 0.1) is 5.82 Å². The number of carbonyl (C=O) groups excluding carboxylic acids is 5. The van der Waals surface area contributed by atoms with E-state index >= 15 is 4.39 Å². The molecule has 272 valence electrons. The van der Waals surface area contributed by atoms with Gasteiger partial charge in [-0.05, 0) is 76.3 Å². The number of fused-ring (bicyclic) bond motifs is 3. The molecular weight excluding hydrogens is 683 g/mol. The SMILES string of the molecule is CC(C)(C)OC(=O)NC1CCN(S(=O)(=O)c2cccc(CN3CC4CC(C3)N4c3cc4c(cc3F)C(=O)N(C3CCC(=O)NC3=O)C4=O)c2)CC1. The topological polar surface area (TPSA) is 166 Å². The number of piperazine rings is 1. The summed E-state index contributed by atoms with van der Waals surface area (Å²) in [6.07, 6.45) is 1.25. The lowest BCUT2D eigenvalue weighted by Gasteiger charge is -2.57. The quantitative estimate of drug-likeness (QED) is 0.405. The molecule has 3 atom stereocenters. The third kappa shape index (κ3) is 6.71. The fourth-order valence-corrected chi connectivity index (χ4v) is 9.36. The number of ether oxygens (including phenoxy) is 1. The lowest BCUT2D eigenvalue weighted by atomic mass is 9.86. The second-order valence-electron chi connectivity index (χ2n) is 14.9. The molecule has 0 aromatic heterocycles. The molecule has 8 rings (SSSR count). The van der Waals surface area contributed by atoms with Crippen LogP contribution in [-0.4, -0.2) is 108 Å². The summed E-state index contributed by atoms with van der Waals surface area (Å²) >= 11 is 0. The van der Waals surface area contributed by atoms with Crippen LogP contribution in [0.25, 0.3) is 0 Å². The molecule has 14 nitrogen and oxygen atoms in total. The molecule has 0 saturated carbocycles. The molecular formula is C35H41FN6O8S. The average molecular weight is 725 g/mol. The minimum absolute atomic E-state index is 0.00731. The van der Waals surface area contributed by atoms with E-state index in [4.69, 9.17) is 4.74 Å². The Hall–Kier alpha value is -4.41. The highest BCUT2D eigenvalue weighted by molar-refractivity contribution is 7.89. The number of rotatable bonds is 7. The van der Waals surface area contributed by atoms with Crippen LogP contribution in [0.5, 0.6) is 0 Å². The Kier molecular flexibility index (Phi) is 8.91. The predicted molar refractivity (Wildman–Crippen MR) is 181 cm³/mol. The van der Waals surface area contributed by atoms with Crippen molar-refractivity contribution in [2.24, 2.45) is 0 Å². The number of sulfonamides is 1. The zero-order valence-electron chi connectivity index (χ0n) is 28.7. The number of halogens is 1. The predicted octanol–water partition coefficient (Wildman–Crippen LogP) is 2.37. The van der Waals surface area contributed by atoms with Gasteiger partial charge in [0.2, 0.25) is 21.8 Å². The number of hydrogen-bond donors (Lipinski definition) is 2. The fourth-order valence-electron chi connectivity index (χ4n) is 7.82. The van der Waals surface area contributed by atoms with Gasteiger partial charge in [-0.2, -0.15) is 4.31 Å². The first kappa shape index (κ1) is 35.0. The summed E-state index contributed by atoms with van der Waals surface area (Å²) in [5, 5.41) is 4.99. The molecule has 16 heteroatoms.